The molecule has 1 aliphatic carbocycles. The van der Waals surface area contributed by atoms with E-state index in [0.29, 0.717) is 0 Å². The van der Waals surface area contributed by atoms with Crippen molar-refractivity contribution in [1.29, 1.82) is 0 Å². The topological polar surface area (TPSA) is 81.2 Å². The van der Waals surface area contributed by atoms with Crippen molar-refractivity contribution in [2.75, 3.05) is 5.32 Å². The monoisotopic (exact) mass is 253 g/mol. The second kappa shape index (κ2) is 5.30. The summed E-state index contributed by atoms with van der Waals surface area (Å²) in [6.45, 7) is 0. The standard InChI is InChI=1S/C12H16FN3O2/c13-11-6-5-10(16(17)18)7-12(11)15-9-3-1-8(14)2-4-9/h5-9,15H,1-4,14H2. The average molecular weight is 253 g/mol. The summed E-state index contributed by atoms with van der Waals surface area (Å²) in [6.07, 6.45) is 3.52. The van der Waals surface area contributed by atoms with Crippen LogP contribution in [0, 0.1) is 15.9 Å². The highest BCUT2D eigenvalue weighted by atomic mass is 19.1. The van der Waals surface area contributed by atoms with E-state index in [-0.39, 0.29) is 23.5 Å². The van der Waals surface area contributed by atoms with Crippen molar-refractivity contribution in [3.05, 3.63) is 34.1 Å². The number of nitro benzene ring substituents is 1. The van der Waals surface area contributed by atoms with Crippen LogP contribution in [0.4, 0.5) is 15.8 Å². The van der Waals surface area contributed by atoms with Gasteiger partial charge in [0, 0.05) is 24.2 Å². The van der Waals surface area contributed by atoms with Gasteiger partial charge in [0.1, 0.15) is 5.82 Å². The maximum atomic E-state index is 13.6. The Morgan fingerprint density at radius 1 is 1.33 bits per heavy atom. The summed E-state index contributed by atoms with van der Waals surface area (Å²) in [4.78, 5) is 10.1. The molecule has 1 aliphatic rings. The minimum Gasteiger partial charge on any atom is -0.380 e. The summed E-state index contributed by atoms with van der Waals surface area (Å²) in [7, 11) is 0. The normalized spacial score (nSPS) is 23.7. The number of nitro groups is 1. The molecular weight excluding hydrogens is 237 g/mol. The maximum absolute atomic E-state index is 13.6. The van der Waals surface area contributed by atoms with Gasteiger partial charge in [-0.1, -0.05) is 0 Å². The van der Waals surface area contributed by atoms with Crippen LogP contribution >= 0.6 is 0 Å². The summed E-state index contributed by atoms with van der Waals surface area (Å²) in [5.74, 6) is -0.463. The van der Waals surface area contributed by atoms with E-state index in [2.05, 4.69) is 5.32 Å². The van der Waals surface area contributed by atoms with Gasteiger partial charge in [0.15, 0.2) is 0 Å². The highest BCUT2D eigenvalue weighted by Crippen LogP contribution is 2.25. The molecule has 0 radical (unpaired) electrons. The number of hydrogen-bond donors (Lipinski definition) is 2. The lowest BCUT2D eigenvalue weighted by Crippen LogP contribution is -2.33. The zero-order chi connectivity index (χ0) is 13.1. The van der Waals surface area contributed by atoms with E-state index in [0.717, 1.165) is 37.8 Å². The lowest BCUT2D eigenvalue weighted by Gasteiger charge is -2.27. The molecule has 3 N–H and O–H groups in total. The number of nitrogens with two attached hydrogens (primary N) is 1. The third-order valence-corrected chi connectivity index (χ3v) is 3.29. The van der Waals surface area contributed by atoms with Crippen LogP contribution in [0.15, 0.2) is 18.2 Å². The van der Waals surface area contributed by atoms with Gasteiger partial charge in [0.2, 0.25) is 0 Å². The minimum absolute atomic E-state index is 0.105. The van der Waals surface area contributed by atoms with Gasteiger partial charge in [0.25, 0.3) is 5.69 Å². The molecule has 1 fully saturated rings. The van der Waals surface area contributed by atoms with Crippen LogP contribution in [-0.4, -0.2) is 17.0 Å². The number of halogens is 1. The molecule has 6 heteroatoms. The minimum atomic E-state index is -0.526. The molecule has 1 aromatic rings. The Hall–Kier alpha value is -1.69. The van der Waals surface area contributed by atoms with Gasteiger partial charge in [-0.3, -0.25) is 10.1 Å². The van der Waals surface area contributed by atoms with E-state index in [4.69, 9.17) is 5.73 Å². The number of anilines is 1. The average Bonchev–Trinajstić information content (AvgIpc) is 2.34. The first-order chi connectivity index (χ1) is 8.56. The first-order valence-corrected chi connectivity index (χ1v) is 6.02. The van der Waals surface area contributed by atoms with E-state index < -0.39 is 10.7 Å². The number of nitrogens with one attached hydrogen (secondary N) is 1. The second-order valence-electron chi connectivity index (χ2n) is 4.68. The Labute approximate surface area is 104 Å². The Bertz CT molecular complexity index is 445. The van der Waals surface area contributed by atoms with E-state index >= 15 is 0 Å². The molecule has 0 aromatic heterocycles. The number of rotatable bonds is 3. The van der Waals surface area contributed by atoms with Crippen molar-refractivity contribution in [2.45, 2.75) is 37.8 Å². The molecule has 5 nitrogen and oxygen atoms in total. The van der Waals surface area contributed by atoms with Crippen LogP contribution in [0.5, 0.6) is 0 Å². The zero-order valence-corrected chi connectivity index (χ0v) is 9.93. The molecule has 0 amide bonds. The van der Waals surface area contributed by atoms with Gasteiger partial charge in [-0.15, -0.1) is 0 Å². The molecule has 1 saturated carbocycles. The van der Waals surface area contributed by atoms with Crippen molar-refractivity contribution in [3.63, 3.8) is 0 Å². The molecule has 2 rings (SSSR count). The summed E-state index contributed by atoms with van der Waals surface area (Å²) in [6, 6.07) is 3.88. The Kier molecular flexibility index (Phi) is 3.76. The quantitative estimate of drug-likeness (QED) is 0.640. The van der Waals surface area contributed by atoms with E-state index in [1.807, 2.05) is 0 Å². The summed E-state index contributed by atoms with van der Waals surface area (Å²) < 4.78 is 13.6. The number of non-ortho nitro benzene ring substituents is 1. The molecule has 1 aromatic carbocycles. The summed E-state index contributed by atoms with van der Waals surface area (Å²) in [5.41, 5.74) is 5.89. The third kappa shape index (κ3) is 2.95. The highest BCUT2D eigenvalue weighted by Gasteiger charge is 2.20. The van der Waals surface area contributed by atoms with Crippen LogP contribution in [0.3, 0.4) is 0 Å². The molecule has 0 unspecified atom stereocenters. The third-order valence-electron chi connectivity index (χ3n) is 3.29. The molecule has 0 heterocycles. The van der Waals surface area contributed by atoms with Crippen LogP contribution in [0.1, 0.15) is 25.7 Å². The van der Waals surface area contributed by atoms with Crippen molar-refractivity contribution in [2.24, 2.45) is 5.73 Å². The molecular formula is C12H16FN3O2. The van der Waals surface area contributed by atoms with Crippen molar-refractivity contribution < 1.29 is 9.31 Å². The molecule has 0 saturated heterocycles. The lowest BCUT2D eigenvalue weighted by molar-refractivity contribution is -0.384. The Balaban J connectivity index is 2.08. The van der Waals surface area contributed by atoms with E-state index in [1.54, 1.807) is 0 Å². The predicted octanol–water partition coefficient (Wildman–Crippen LogP) is 2.42. The number of hydrogen-bond acceptors (Lipinski definition) is 4. The fraction of sp³-hybridized carbons (Fsp3) is 0.500. The fourth-order valence-corrected chi connectivity index (χ4v) is 2.22. The second-order valence-corrected chi connectivity index (χ2v) is 4.68. The summed E-state index contributed by atoms with van der Waals surface area (Å²) >= 11 is 0. The van der Waals surface area contributed by atoms with Crippen molar-refractivity contribution >= 4 is 11.4 Å². The molecule has 0 bridgehead atoms. The predicted molar refractivity (Wildman–Crippen MR) is 66.9 cm³/mol. The SMILES string of the molecule is NC1CCC(Nc2cc([N+](=O)[O-])ccc2F)CC1. The molecule has 0 spiro atoms. The van der Waals surface area contributed by atoms with Crippen LogP contribution in [0.2, 0.25) is 0 Å². The number of nitrogens with zero attached hydrogens (tertiary/aromatic N) is 1. The van der Waals surface area contributed by atoms with E-state index in [9.17, 15) is 14.5 Å². The van der Waals surface area contributed by atoms with Gasteiger partial charge in [-0.2, -0.15) is 0 Å². The largest absolute Gasteiger partial charge is 0.380 e. The van der Waals surface area contributed by atoms with Gasteiger partial charge in [0.05, 0.1) is 10.6 Å². The summed E-state index contributed by atoms with van der Waals surface area (Å²) in [5, 5.41) is 13.7. The van der Waals surface area contributed by atoms with Gasteiger partial charge < -0.3 is 11.1 Å². The lowest BCUT2D eigenvalue weighted by atomic mass is 9.91. The molecule has 18 heavy (non-hydrogen) atoms. The van der Waals surface area contributed by atoms with Gasteiger partial charge in [-0.05, 0) is 31.7 Å². The Morgan fingerprint density at radius 3 is 2.61 bits per heavy atom. The first-order valence-electron chi connectivity index (χ1n) is 6.02. The van der Waals surface area contributed by atoms with Crippen molar-refractivity contribution in [1.82, 2.24) is 0 Å². The fourth-order valence-electron chi connectivity index (χ4n) is 2.22. The van der Waals surface area contributed by atoms with Crippen LogP contribution in [-0.2, 0) is 0 Å². The van der Waals surface area contributed by atoms with Crippen LogP contribution in [0.25, 0.3) is 0 Å². The number of benzene rings is 1. The highest BCUT2D eigenvalue weighted by molar-refractivity contribution is 5.52. The molecule has 0 atom stereocenters. The van der Waals surface area contributed by atoms with Crippen LogP contribution < -0.4 is 11.1 Å². The molecule has 0 aliphatic heterocycles. The Morgan fingerprint density at radius 2 is 2.00 bits per heavy atom. The zero-order valence-electron chi connectivity index (χ0n) is 9.93. The van der Waals surface area contributed by atoms with Gasteiger partial charge >= 0.3 is 0 Å². The first kappa shape index (κ1) is 12.8. The van der Waals surface area contributed by atoms with Gasteiger partial charge in [-0.25, -0.2) is 4.39 Å². The molecule has 98 valence electrons. The van der Waals surface area contributed by atoms with E-state index in [1.165, 1.54) is 6.07 Å². The smallest absolute Gasteiger partial charge is 0.271 e. The van der Waals surface area contributed by atoms with Crippen molar-refractivity contribution in [3.8, 4) is 0 Å². The maximum Gasteiger partial charge on any atom is 0.271 e.